The van der Waals surface area contributed by atoms with Crippen LogP contribution in [0.15, 0.2) is 72.1 Å². The minimum atomic E-state index is -0.719. The van der Waals surface area contributed by atoms with E-state index in [0.717, 1.165) is 47.4 Å². The number of ether oxygens (including phenoxy) is 1. The van der Waals surface area contributed by atoms with E-state index in [1.165, 1.54) is 0 Å². The molecule has 1 saturated carbocycles. The first-order chi connectivity index (χ1) is 16.6. The van der Waals surface area contributed by atoms with Crippen molar-refractivity contribution < 1.29 is 14.3 Å². The number of nitrogens with one attached hydrogen (secondary N) is 1. The van der Waals surface area contributed by atoms with Crippen molar-refractivity contribution in [3.05, 3.63) is 88.1 Å². The molecule has 0 spiro atoms. The quantitative estimate of drug-likeness (QED) is 0.419. The second kappa shape index (κ2) is 11.8. The highest BCUT2D eigenvalue weighted by atomic mass is 32.1. The molecular formula is C28H32N2O3S. The van der Waals surface area contributed by atoms with Gasteiger partial charge in [0.05, 0.1) is 13.0 Å². The lowest BCUT2D eigenvalue weighted by Gasteiger charge is -2.32. The zero-order valence-electron chi connectivity index (χ0n) is 19.6. The van der Waals surface area contributed by atoms with Crippen LogP contribution in [0.3, 0.4) is 0 Å². The van der Waals surface area contributed by atoms with Gasteiger partial charge in [0.25, 0.3) is 0 Å². The van der Waals surface area contributed by atoms with Gasteiger partial charge in [0, 0.05) is 17.5 Å². The molecule has 34 heavy (non-hydrogen) atoms. The van der Waals surface area contributed by atoms with Crippen molar-refractivity contribution >= 4 is 23.2 Å². The van der Waals surface area contributed by atoms with Crippen molar-refractivity contribution in [2.75, 3.05) is 6.61 Å². The molecule has 1 aliphatic rings. The number of thiophene rings is 1. The van der Waals surface area contributed by atoms with Gasteiger partial charge in [-0.1, -0.05) is 61.4 Å². The van der Waals surface area contributed by atoms with Gasteiger partial charge in [-0.15, -0.1) is 11.3 Å². The topological polar surface area (TPSA) is 58.6 Å². The van der Waals surface area contributed by atoms with Crippen LogP contribution >= 0.6 is 11.3 Å². The van der Waals surface area contributed by atoms with Crippen molar-refractivity contribution in [3.63, 3.8) is 0 Å². The average molecular weight is 477 g/mol. The molecule has 0 saturated heterocycles. The van der Waals surface area contributed by atoms with E-state index < -0.39 is 6.04 Å². The Morgan fingerprint density at radius 1 is 1.03 bits per heavy atom. The van der Waals surface area contributed by atoms with Crippen LogP contribution < -0.4 is 10.1 Å². The van der Waals surface area contributed by atoms with E-state index >= 15 is 0 Å². The lowest BCUT2D eigenvalue weighted by Crippen LogP contribution is -2.46. The monoisotopic (exact) mass is 476 g/mol. The zero-order chi connectivity index (χ0) is 23.8. The third-order valence-corrected chi connectivity index (χ3v) is 7.07. The summed E-state index contributed by atoms with van der Waals surface area (Å²) in [5.74, 6) is 0.569. The van der Waals surface area contributed by atoms with Crippen molar-refractivity contribution in [1.82, 2.24) is 10.2 Å². The summed E-state index contributed by atoms with van der Waals surface area (Å²) in [4.78, 5) is 30.1. The summed E-state index contributed by atoms with van der Waals surface area (Å²) in [5.41, 5.74) is 1.78. The number of nitrogens with zero attached hydrogens (tertiary/aromatic N) is 1. The minimum absolute atomic E-state index is 0.0632. The molecule has 1 aliphatic carbocycles. The maximum Gasteiger partial charge on any atom is 0.247 e. The predicted molar refractivity (Wildman–Crippen MR) is 136 cm³/mol. The van der Waals surface area contributed by atoms with Crippen LogP contribution in [0.2, 0.25) is 0 Å². The standard InChI is InChI=1S/C28H32N2O3S/c1-2-33-24-16-14-22(15-17-24)27(28(32)29-23-11-6-7-12-23)30(20-21-9-4-3-5-10-21)26(31)19-25-13-8-18-34-25/h3-5,8-10,13-18,23,27H,2,6-7,11-12,19-20H2,1H3,(H,29,32)/t27-/m1/s1. The van der Waals surface area contributed by atoms with Gasteiger partial charge in [0.15, 0.2) is 0 Å². The first-order valence-electron chi connectivity index (χ1n) is 12.0. The highest BCUT2D eigenvalue weighted by Gasteiger charge is 2.33. The molecule has 1 N–H and O–H groups in total. The lowest BCUT2D eigenvalue weighted by atomic mass is 10.0. The van der Waals surface area contributed by atoms with E-state index in [1.54, 1.807) is 16.2 Å². The van der Waals surface area contributed by atoms with Crippen LogP contribution in [0, 0.1) is 0 Å². The molecule has 6 heteroatoms. The van der Waals surface area contributed by atoms with Gasteiger partial charge in [0.1, 0.15) is 11.8 Å². The third-order valence-electron chi connectivity index (χ3n) is 6.19. The van der Waals surface area contributed by atoms with Crippen molar-refractivity contribution in [2.45, 2.75) is 57.7 Å². The van der Waals surface area contributed by atoms with E-state index in [0.29, 0.717) is 13.2 Å². The fourth-order valence-electron chi connectivity index (χ4n) is 4.50. The van der Waals surface area contributed by atoms with E-state index in [9.17, 15) is 9.59 Å². The summed E-state index contributed by atoms with van der Waals surface area (Å²) < 4.78 is 5.60. The molecule has 0 radical (unpaired) electrons. The van der Waals surface area contributed by atoms with Gasteiger partial charge in [0.2, 0.25) is 11.8 Å². The largest absolute Gasteiger partial charge is 0.494 e. The van der Waals surface area contributed by atoms with Crippen LogP contribution in [0.4, 0.5) is 0 Å². The molecule has 3 aromatic rings. The molecule has 2 amide bonds. The van der Waals surface area contributed by atoms with E-state index in [4.69, 9.17) is 4.74 Å². The lowest BCUT2D eigenvalue weighted by molar-refractivity contribution is -0.141. The number of hydrogen-bond acceptors (Lipinski definition) is 4. The van der Waals surface area contributed by atoms with Crippen LogP contribution in [0.5, 0.6) is 5.75 Å². The van der Waals surface area contributed by atoms with Gasteiger partial charge in [-0.3, -0.25) is 9.59 Å². The summed E-state index contributed by atoms with van der Waals surface area (Å²) in [6.45, 7) is 2.88. The molecule has 1 heterocycles. The molecule has 0 aliphatic heterocycles. The number of rotatable bonds is 10. The number of benzene rings is 2. The molecule has 178 valence electrons. The number of hydrogen-bond donors (Lipinski definition) is 1. The molecule has 1 fully saturated rings. The molecule has 2 aromatic carbocycles. The Bertz CT molecular complexity index is 1050. The Morgan fingerprint density at radius 3 is 2.41 bits per heavy atom. The normalized spacial score (nSPS) is 14.5. The van der Waals surface area contributed by atoms with Gasteiger partial charge in [-0.25, -0.2) is 0 Å². The van der Waals surface area contributed by atoms with Crippen LogP contribution in [0.1, 0.15) is 54.7 Å². The first kappa shape index (κ1) is 24.0. The van der Waals surface area contributed by atoms with E-state index in [1.807, 2.05) is 79.0 Å². The SMILES string of the molecule is CCOc1ccc([C@H](C(=O)NC2CCCC2)N(Cc2ccccc2)C(=O)Cc2cccs2)cc1. The number of carbonyl (C=O) groups excluding carboxylic acids is 2. The summed E-state index contributed by atoms with van der Waals surface area (Å²) in [6, 6.07) is 20.8. The average Bonchev–Trinajstić information content (AvgIpc) is 3.55. The molecular weight excluding hydrogens is 444 g/mol. The molecule has 1 aromatic heterocycles. The first-order valence-corrected chi connectivity index (χ1v) is 12.9. The smallest absolute Gasteiger partial charge is 0.247 e. The summed E-state index contributed by atoms with van der Waals surface area (Å²) >= 11 is 1.56. The van der Waals surface area contributed by atoms with E-state index in [-0.39, 0.29) is 24.3 Å². The fraction of sp³-hybridized carbons (Fsp3) is 0.357. The molecule has 0 unspecified atom stereocenters. The Morgan fingerprint density at radius 2 is 1.76 bits per heavy atom. The van der Waals surface area contributed by atoms with Crippen molar-refractivity contribution in [3.8, 4) is 5.75 Å². The second-order valence-corrected chi connectivity index (χ2v) is 9.69. The molecule has 5 nitrogen and oxygen atoms in total. The zero-order valence-corrected chi connectivity index (χ0v) is 20.4. The van der Waals surface area contributed by atoms with E-state index in [2.05, 4.69) is 5.32 Å². The predicted octanol–water partition coefficient (Wildman–Crippen LogP) is 5.52. The Labute approximate surface area is 205 Å². The highest BCUT2D eigenvalue weighted by molar-refractivity contribution is 7.10. The molecule has 4 rings (SSSR count). The number of carbonyl (C=O) groups is 2. The second-order valence-electron chi connectivity index (χ2n) is 8.66. The third kappa shape index (κ3) is 6.26. The Balaban J connectivity index is 1.68. The Hall–Kier alpha value is -3.12. The van der Waals surface area contributed by atoms with Gasteiger partial charge in [-0.2, -0.15) is 0 Å². The summed E-state index contributed by atoms with van der Waals surface area (Å²) in [5, 5.41) is 5.21. The fourth-order valence-corrected chi connectivity index (χ4v) is 5.20. The summed E-state index contributed by atoms with van der Waals surface area (Å²) in [6.07, 6.45) is 4.51. The Kier molecular flexibility index (Phi) is 8.36. The minimum Gasteiger partial charge on any atom is -0.494 e. The van der Waals surface area contributed by atoms with Crippen LogP contribution in [-0.4, -0.2) is 29.4 Å². The maximum absolute atomic E-state index is 13.7. The van der Waals surface area contributed by atoms with Gasteiger partial charge < -0.3 is 15.0 Å². The van der Waals surface area contributed by atoms with Crippen molar-refractivity contribution in [2.24, 2.45) is 0 Å². The van der Waals surface area contributed by atoms with Crippen LogP contribution in [-0.2, 0) is 22.6 Å². The molecule has 1 atom stereocenters. The van der Waals surface area contributed by atoms with Gasteiger partial charge >= 0.3 is 0 Å². The highest BCUT2D eigenvalue weighted by Crippen LogP contribution is 2.28. The number of amides is 2. The maximum atomic E-state index is 13.7. The van der Waals surface area contributed by atoms with Crippen molar-refractivity contribution in [1.29, 1.82) is 0 Å². The molecule has 0 bridgehead atoms. The van der Waals surface area contributed by atoms with Crippen LogP contribution in [0.25, 0.3) is 0 Å². The summed E-state index contributed by atoms with van der Waals surface area (Å²) in [7, 11) is 0. The van der Waals surface area contributed by atoms with Gasteiger partial charge in [-0.05, 0) is 54.5 Å².